The summed E-state index contributed by atoms with van der Waals surface area (Å²) < 4.78 is 15.9. The zero-order valence-corrected chi connectivity index (χ0v) is 16.2. The van der Waals surface area contributed by atoms with Gasteiger partial charge in [-0.2, -0.15) is 0 Å². The first kappa shape index (κ1) is 19.3. The maximum absolute atomic E-state index is 12.4. The number of nitrogens with zero attached hydrogens (tertiary/aromatic N) is 1. The average molecular weight is 430 g/mol. The van der Waals surface area contributed by atoms with E-state index in [1.165, 1.54) is 14.2 Å². The Labute approximate surface area is 157 Å². The number of rotatable bonds is 6. The van der Waals surface area contributed by atoms with Crippen molar-refractivity contribution in [2.24, 2.45) is 0 Å². The third-order valence-electron chi connectivity index (χ3n) is 3.22. The fraction of sp³-hybridized carbons (Fsp3) is 0.312. The van der Waals surface area contributed by atoms with Crippen molar-refractivity contribution in [1.29, 1.82) is 0 Å². The second-order valence-electron chi connectivity index (χ2n) is 4.81. The lowest BCUT2D eigenvalue weighted by Gasteiger charge is -2.11. The van der Waals surface area contributed by atoms with Gasteiger partial charge in [-0.3, -0.25) is 19.3 Å². The molecule has 0 unspecified atom stereocenters. The molecule has 0 atom stereocenters. The summed E-state index contributed by atoms with van der Waals surface area (Å²) in [6.45, 7) is 1.44. The summed E-state index contributed by atoms with van der Waals surface area (Å²) in [7, 11) is 3.02. The fourth-order valence-electron chi connectivity index (χ4n) is 2.14. The molecule has 2 amide bonds. The van der Waals surface area contributed by atoms with Crippen molar-refractivity contribution >= 4 is 50.9 Å². The normalized spacial score (nSPS) is 15.7. The molecule has 1 fully saturated rings. The van der Waals surface area contributed by atoms with Crippen molar-refractivity contribution in [3.63, 3.8) is 0 Å². The van der Waals surface area contributed by atoms with Crippen molar-refractivity contribution in [3.05, 3.63) is 27.1 Å². The van der Waals surface area contributed by atoms with Crippen LogP contribution in [0.25, 0.3) is 6.08 Å². The van der Waals surface area contributed by atoms with Crippen molar-refractivity contribution in [2.75, 3.05) is 27.4 Å². The van der Waals surface area contributed by atoms with Gasteiger partial charge in [0.25, 0.3) is 11.1 Å². The third-order valence-corrected chi connectivity index (χ3v) is 4.72. The summed E-state index contributed by atoms with van der Waals surface area (Å²) in [5, 5.41) is -0.510. The molecule has 25 heavy (non-hydrogen) atoms. The summed E-state index contributed by atoms with van der Waals surface area (Å²) >= 11 is 4.14. The number of hydrogen-bond donors (Lipinski definition) is 0. The van der Waals surface area contributed by atoms with Gasteiger partial charge in [0.05, 0.1) is 30.2 Å². The van der Waals surface area contributed by atoms with Gasteiger partial charge in [0, 0.05) is 0 Å². The Balaban J connectivity index is 2.27. The Kier molecular flexibility index (Phi) is 6.49. The maximum Gasteiger partial charge on any atom is 0.326 e. The number of ether oxygens (including phenoxy) is 3. The van der Waals surface area contributed by atoms with Gasteiger partial charge in [0.2, 0.25) is 0 Å². The first-order chi connectivity index (χ1) is 11.9. The van der Waals surface area contributed by atoms with E-state index in [0.717, 1.165) is 16.7 Å². The van der Waals surface area contributed by atoms with Gasteiger partial charge in [-0.25, -0.2) is 0 Å². The van der Waals surface area contributed by atoms with E-state index in [1.807, 2.05) is 0 Å². The minimum Gasteiger partial charge on any atom is -0.493 e. The average Bonchev–Trinajstić information content (AvgIpc) is 2.82. The van der Waals surface area contributed by atoms with E-state index in [2.05, 4.69) is 15.9 Å². The van der Waals surface area contributed by atoms with Crippen LogP contribution in [0.15, 0.2) is 21.5 Å². The third kappa shape index (κ3) is 4.35. The molecular weight excluding hydrogens is 414 g/mol. The lowest BCUT2D eigenvalue weighted by Crippen LogP contribution is -2.34. The van der Waals surface area contributed by atoms with Crippen LogP contribution >= 0.6 is 27.7 Å². The number of hydrogen-bond acceptors (Lipinski definition) is 7. The summed E-state index contributed by atoms with van der Waals surface area (Å²) in [5.74, 6) is -0.155. The van der Waals surface area contributed by atoms with Gasteiger partial charge < -0.3 is 14.2 Å². The summed E-state index contributed by atoms with van der Waals surface area (Å²) in [4.78, 5) is 36.9. The number of esters is 1. The van der Waals surface area contributed by atoms with Gasteiger partial charge in [-0.05, 0) is 58.4 Å². The van der Waals surface area contributed by atoms with Crippen molar-refractivity contribution in [1.82, 2.24) is 4.90 Å². The minimum absolute atomic E-state index is 0.185. The highest BCUT2D eigenvalue weighted by molar-refractivity contribution is 9.10. The molecule has 2 rings (SSSR count). The van der Waals surface area contributed by atoms with E-state index in [1.54, 1.807) is 25.1 Å². The Bertz CT molecular complexity index is 748. The molecule has 1 saturated heterocycles. The van der Waals surface area contributed by atoms with E-state index < -0.39 is 23.7 Å². The number of methoxy groups -OCH3 is 2. The first-order valence-electron chi connectivity index (χ1n) is 7.23. The second-order valence-corrected chi connectivity index (χ2v) is 6.66. The van der Waals surface area contributed by atoms with E-state index in [0.29, 0.717) is 21.5 Å². The van der Waals surface area contributed by atoms with Crippen LogP contribution in [0.3, 0.4) is 0 Å². The zero-order valence-electron chi connectivity index (χ0n) is 13.8. The highest BCUT2D eigenvalue weighted by atomic mass is 79.9. The molecule has 1 aliphatic heterocycles. The van der Waals surface area contributed by atoms with E-state index >= 15 is 0 Å². The monoisotopic (exact) mass is 429 g/mol. The van der Waals surface area contributed by atoms with Crippen LogP contribution < -0.4 is 9.47 Å². The van der Waals surface area contributed by atoms with Crippen molar-refractivity contribution < 1.29 is 28.6 Å². The van der Waals surface area contributed by atoms with Crippen LogP contribution in [-0.2, 0) is 14.3 Å². The smallest absolute Gasteiger partial charge is 0.326 e. The van der Waals surface area contributed by atoms with E-state index in [-0.39, 0.29) is 11.5 Å². The molecular formula is C16H16BrNO6S. The second kappa shape index (κ2) is 8.39. The first-order valence-corrected chi connectivity index (χ1v) is 8.84. The Morgan fingerprint density at radius 1 is 1.28 bits per heavy atom. The van der Waals surface area contributed by atoms with Crippen molar-refractivity contribution in [3.8, 4) is 11.5 Å². The highest BCUT2D eigenvalue weighted by Gasteiger charge is 2.36. The largest absolute Gasteiger partial charge is 0.493 e. The molecule has 0 saturated carbocycles. The van der Waals surface area contributed by atoms with Gasteiger partial charge in [-0.15, -0.1) is 0 Å². The fourth-order valence-corrected chi connectivity index (χ4v) is 3.60. The number of thioether (sulfide) groups is 1. The molecule has 0 radical (unpaired) electrons. The van der Waals surface area contributed by atoms with Gasteiger partial charge in [0.15, 0.2) is 11.5 Å². The SMILES string of the molecule is CCOC(=O)CN1C(=O)S/C(=C\c2cc(Br)c(OC)c(OC)c2)C1=O. The van der Waals surface area contributed by atoms with Crippen LogP contribution in [0.5, 0.6) is 11.5 Å². The molecule has 1 aromatic carbocycles. The number of benzene rings is 1. The number of halogens is 1. The van der Waals surface area contributed by atoms with Crippen LogP contribution in [-0.4, -0.2) is 49.4 Å². The van der Waals surface area contributed by atoms with E-state index in [4.69, 9.17) is 14.2 Å². The number of imide groups is 1. The Morgan fingerprint density at radius 2 is 2.00 bits per heavy atom. The highest BCUT2D eigenvalue weighted by Crippen LogP contribution is 2.38. The maximum atomic E-state index is 12.4. The van der Waals surface area contributed by atoms with Crippen molar-refractivity contribution in [2.45, 2.75) is 6.92 Å². The van der Waals surface area contributed by atoms with Gasteiger partial charge in [-0.1, -0.05) is 0 Å². The predicted octanol–water partition coefficient (Wildman–Crippen LogP) is 3.07. The molecule has 0 spiro atoms. The standard InChI is InChI=1S/C16H16BrNO6S/c1-4-24-13(19)8-18-15(20)12(25-16(18)21)7-9-5-10(17)14(23-3)11(6-9)22-2/h5-7H,4,8H2,1-3H3/b12-7-. The quantitative estimate of drug-likeness (QED) is 0.507. The molecule has 0 bridgehead atoms. The summed E-state index contributed by atoms with van der Waals surface area (Å²) in [6, 6.07) is 3.42. The molecule has 9 heteroatoms. The molecule has 0 N–H and O–H groups in total. The van der Waals surface area contributed by atoms with E-state index in [9.17, 15) is 14.4 Å². The Hall–Kier alpha value is -2.00. The molecule has 1 aliphatic rings. The molecule has 0 aromatic heterocycles. The summed E-state index contributed by atoms with van der Waals surface area (Å²) in [6.07, 6.45) is 1.56. The van der Waals surface area contributed by atoms with Gasteiger partial charge >= 0.3 is 5.97 Å². The predicted molar refractivity (Wildman–Crippen MR) is 96.6 cm³/mol. The topological polar surface area (TPSA) is 82.1 Å². The van der Waals surface area contributed by atoms with Gasteiger partial charge in [0.1, 0.15) is 6.54 Å². The molecule has 1 aromatic rings. The van der Waals surface area contributed by atoms with Crippen LogP contribution in [0.4, 0.5) is 4.79 Å². The molecule has 1 heterocycles. The van der Waals surface area contributed by atoms with Crippen LogP contribution in [0, 0.1) is 0 Å². The molecule has 0 aliphatic carbocycles. The molecule has 7 nitrogen and oxygen atoms in total. The lowest BCUT2D eigenvalue weighted by molar-refractivity contribution is -0.145. The summed E-state index contributed by atoms with van der Waals surface area (Å²) in [5.41, 5.74) is 0.645. The number of carbonyl (C=O) groups is 3. The lowest BCUT2D eigenvalue weighted by atomic mass is 10.2. The minimum atomic E-state index is -0.625. The molecule has 134 valence electrons. The van der Waals surface area contributed by atoms with Crippen LogP contribution in [0.2, 0.25) is 0 Å². The number of carbonyl (C=O) groups excluding carboxylic acids is 3. The zero-order chi connectivity index (χ0) is 18.6. The Morgan fingerprint density at radius 3 is 2.60 bits per heavy atom. The van der Waals surface area contributed by atoms with Crippen LogP contribution in [0.1, 0.15) is 12.5 Å². The number of amides is 2.